The largest absolute Gasteiger partial charge is 0.378 e. The van der Waals surface area contributed by atoms with E-state index in [-0.39, 0.29) is 0 Å². The van der Waals surface area contributed by atoms with E-state index in [1.165, 1.54) is 0 Å². The molecule has 1 aromatic carbocycles. The van der Waals surface area contributed by atoms with Crippen LogP contribution in [0.1, 0.15) is 10.4 Å². The maximum atomic E-state index is 10.7. The van der Waals surface area contributed by atoms with Gasteiger partial charge in [-0.3, -0.25) is 4.79 Å². The van der Waals surface area contributed by atoms with Crippen molar-refractivity contribution < 1.29 is 9.53 Å². The van der Waals surface area contributed by atoms with E-state index in [0.29, 0.717) is 32.0 Å². The minimum absolute atomic E-state index is 0.471. The number of rotatable bonds is 6. The van der Waals surface area contributed by atoms with E-state index in [2.05, 4.69) is 15.3 Å². The van der Waals surface area contributed by atoms with Crippen molar-refractivity contribution in [3.8, 4) is 11.4 Å². The monoisotopic (exact) mass is 396 g/mol. The fraction of sp³-hybridized carbons (Fsp3) is 0.263. The first-order valence-corrected chi connectivity index (χ1v) is 9.74. The molecule has 0 bridgehead atoms. The van der Waals surface area contributed by atoms with Gasteiger partial charge in [-0.2, -0.15) is 5.10 Å². The van der Waals surface area contributed by atoms with Crippen molar-refractivity contribution in [1.29, 1.82) is 0 Å². The number of fused-ring (bicyclic) bond motifs is 1. The molecule has 1 amide bonds. The zero-order valence-corrected chi connectivity index (χ0v) is 16.0. The number of nitrogens with one attached hydrogen (secondary N) is 1. The minimum Gasteiger partial charge on any atom is -0.378 e. The Bertz CT molecular complexity index is 1010. The Morgan fingerprint density at radius 1 is 1.29 bits per heavy atom. The molecule has 4 rings (SSSR count). The number of aromatic nitrogens is 2. The summed E-state index contributed by atoms with van der Waals surface area (Å²) in [5.41, 5.74) is 2.58. The molecule has 1 aliphatic rings. The van der Waals surface area contributed by atoms with Gasteiger partial charge < -0.3 is 20.8 Å². The highest BCUT2D eigenvalue weighted by Crippen LogP contribution is 2.35. The Morgan fingerprint density at radius 3 is 2.89 bits per heavy atom. The summed E-state index contributed by atoms with van der Waals surface area (Å²) in [6.07, 6.45) is 2.30. The number of hydrogen-bond acceptors (Lipinski definition) is 8. The van der Waals surface area contributed by atoms with Crippen LogP contribution >= 0.6 is 11.3 Å². The van der Waals surface area contributed by atoms with Crippen molar-refractivity contribution in [2.45, 2.75) is 6.54 Å². The number of amides is 1. The zero-order chi connectivity index (χ0) is 19.3. The lowest BCUT2D eigenvalue weighted by Crippen LogP contribution is -2.36. The highest BCUT2D eigenvalue weighted by atomic mass is 32.1. The number of thiophene rings is 1. The van der Waals surface area contributed by atoms with Crippen LogP contribution in [-0.2, 0) is 16.1 Å². The van der Waals surface area contributed by atoms with E-state index in [9.17, 15) is 4.79 Å². The van der Waals surface area contributed by atoms with Crippen LogP contribution in [0.15, 0.2) is 35.4 Å². The number of ether oxygens (including phenoxy) is 1. The second-order valence-electron chi connectivity index (χ2n) is 6.26. The minimum atomic E-state index is 0.471. The average Bonchev–Trinajstić information content (AvgIpc) is 3.16. The van der Waals surface area contributed by atoms with E-state index >= 15 is 0 Å². The molecule has 1 fully saturated rings. The van der Waals surface area contributed by atoms with Crippen LogP contribution < -0.4 is 16.1 Å². The molecule has 0 spiro atoms. The van der Waals surface area contributed by atoms with Crippen LogP contribution in [0.2, 0.25) is 0 Å². The summed E-state index contributed by atoms with van der Waals surface area (Å²) in [6.45, 7) is 3.36. The number of benzene rings is 1. The van der Waals surface area contributed by atoms with Crippen LogP contribution in [0.4, 0.5) is 5.82 Å². The predicted molar refractivity (Wildman–Crippen MR) is 111 cm³/mol. The Morgan fingerprint density at radius 2 is 2.11 bits per heavy atom. The van der Waals surface area contributed by atoms with Gasteiger partial charge >= 0.3 is 0 Å². The van der Waals surface area contributed by atoms with Crippen LogP contribution in [0.3, 0.4) is 0 Å². The van der Waals surface area contributed by atoms with Gasteiger partial charge in [-0.15, -0.1) is 11.3 Å². The number of carbonyl (C=O) groups is 1. The number of nitrogens with two attached hydrogens (primary N) is 1. The Hall–Kier alpha value is -3.04. The van der Waals surface area contributed by atoms with E-state index in [1.54, 1.807) is 17.6 Å². The maximum Gasteiger partial charge on any atom is 0.207 e. The molecule has 3 N–H and O–H groups in total. The summed E-state index contributed by atoms with van der Waals surface area (Å²) in [5, 5.41) is 6.37. The third kappa shape index (κ3) is 3.67. The van der Waals surface area contributed by atoms with Crippen molar-refractivity contribution in [1.82, 2.24) is 15.3 Å². The van der Waals surface area contributed by atoms with Gasteiger partial charge in [0.2, 0.25) is 6.41 Å². The highest BCUT2D eigenvalue weighted by Gasteiger charge is 2.20. The molecule has 3 aromatic rings. The summed E-state index contributed by atoms with van der Waals surface area (Å²) in [6, 6.07) is 9.77. The standard InChI is InChI=1S/C19H20N6O2S/c20-22-10-13-3-1-2-4-15(13)18-23-16-9-14(11-21-12-26)28-17(16)19(24-18)25-5-7-27-8-6-25/h1-4,9-10,12H,5-8,11,20H2,(H,21,26)/b22-10-. The molecule has 9 heteroatoms. The van der Waals surface area contributed by atoms with Gasteiger partial charge in [0.05, 0.1) is 36.2 Å². The highest BCUT2D eigenvalue weighted by molar-refractivity contribution is 7.19. The molecule has 0 unspecified atom stereocenters. The third-order valence-electron chi connectivity index (χ3n) is 4.49. The summed E-state index contributed by atoms with van der Waals surface area (Å²) >= 11 is 1.60. The molecule has 2 aromatic heterocycles. The molecule has 1 saturated heterocycles. The number of carbonyl (C=O) groups excluding carboxylic acids is 1. The normalized spacial score (nSPS) is 14.6. The van der Waals surface area contributed by atoms with E-state index in [1.807, 2.05) is 30.3 Å². The van der Waals surface area contributed by atoms with Crippen molar-refractivity contribution in [2.75, 3.05) is 31.2 Å². The van der Waals surface area contributed by atoms with E-state index < -0.39 is 0 Å². The second kappa shape index (κ2) is 8.32. The topological polar surface area (TPSA) is 106 Å². The zero-order valence-electron chi connectivity index (χ0n) is 15.2. The molecule has 8 nitrogen and oxygen atoms in total. The van der Waals surface area contributed by atoms with Crippen molar-refractivity contribution in [2.24, 2.45) is 10.9 Å². The molecule has 144 valence electrons. The molecule has 0 saturated carbocycles. The molecule has 0 radical (unpaired) electrons. The van der Waals surface area contributed by atoms with Gasteiger partial charge in [-0.05, 0) is 6.07 Å². The quantitative estimate of drug-likeness (QED) is 0.285. The fourth-order valence-corrected chi connectivity index (χ4v) is 4.26. The molecule has 1 aliphatic heterocycles. The molecule has 0 aliphatic carbocycles. The first kappa shape index (κ1) is 18.3. The maximum absolute atomic E-state index is 10.7. The molecular formula is C19H20N6O2S. The number of hydrazone groups is 1. The Balaban J connectivity index is 1.86. The summed E-state index contributed by atoms with van der Waals surface area (Å²) in [4.78, 5) is 23.6. The number of anilines is 1. The summed E-state index contributed by atoms with van der Waals surface area (Å²) in [5.74, 6) is 6.88. The van der Waals surface area contributed by atoms with Crippen LogP contribution in [0.25, 0.3) is 21.6 Å². The summed E-state index contributed by atoms with van der Waals surface area (Å²) < 4.78 is 6.51. The SMILES string of the molecule is N/N=C\c1ccccc1-c1nc(N2CCOCC2)c2sc(CNC=O)cc2n1. The number of hydrogen-bond donors (Lipinski definition) is 2. The van der Waals surface area contributed by atoms with Crippen LogP contribution in [0, 0.1) is 0 Å². The first-order valence-electron chi connectivity index (χ1n) is 8.93. The van der Waals surface area contributed by atoms with Gasteiger partial charge in [0.1, 0.15) is 0 Å². The third-order valence-corrected chi connectivity index (χ3v) is 5.61. The molecular weight excluding hydrogens is 376 g/mol. The molecule has 28 heavy (non-hydrogen) atoms. The predicted octanol–water partition coefficient (Wildman–Crippen LogP) is 1.73. The van der Waals surface area contributed by atoms with Gasteiger partial charge in [0.25, 0.3) is 0 Å². The molecule has 0 atom stereocenters. The number of nitrogens with zero attached hydrogens (tertiary/aromatic N) is 4. The molecule has 3 heterocycles. The average molecular weight is 396 g/mol. The lowest BCUT2D eigenvalue weighted by atomic mass is 10.1. The van der Waals surface area contributed by atoms with Gasteiger partial charge in [-0.25, -0.2) is 9.97 Å². The van der Waals surface area contributed by atoms with Crippen LogP contribution in [-0.4, -0.2) is 48.9 Å². The van der Waals surface area contributed by atoms with Crippen molar-refractivity contribution in [3.63, 3.8) is 0 Å². The van der Waals surface area contributed by atoms with Crippen molar-refractivity contribution >= 4 is 40.0 Å². The summed E-state index contributed by atoms with van der Waals surface area (Å²) in [7, 11) is 0. The number of morpholine rings is 1. The lowest BCUT2D eigenvalue weighted by molar-refractivity contribution is -0.109. The Labute approximate surface area is 166 Å². The lowest BCUT2D eigenvalue weighted by Gasteiger charge is -2.28. The van der Waals surface area contributed by atoms with E-state index in [4.69, 9.17) is 20.5 Å². The van der Waals surface area contributed by atoms with Gasteiger partial charge in [-0.1, -0.05) is 24.3 Å². The first-order chi connectivity index (χ1) is 13.8. The van der Waals surface area contributed by atoms with Crippen LogP contribution in [0.5, 0.6) is 0 Å². The Kier molecular flexibility index (Phi) is 5.45. The second-order valence-corrected chi connectivity index (χ2v) is 7.40. The van der Waals surface area contributed by atoms with Gasteiger partial charge in [0, 0.05) is 29.1 Å². The smallest absolute Gasteiger partial charge is 0.207 e. The van der Waals surface area contributed by atoms with Crippen molar-refractivity contribution in [3.05, 3.63) is 40.8 Å². The van der Waals surface area contributed by atoms with E-state index in [0.717, 1.165) is 45.1 Å². The fourth-order valence-electron chi connectivity index (χ4n) is 3.20. The van der Waals surface area contributed by atoms with Gasteiger partial charge in [0.15, 0.2) is 11.6 Å².